The van der Waals surface area contributed by atoms with E-state index in [2.05, 4.69) is 20.6 Å². The molecule has 27 heavy (non-hydrogen) atoms. The Morgan fingerprint density at radius 3 is 2.78 bits per heavy atom. The molecule has 1 fully saturated rings. The first-order chi connectivity index (χ1) is 13.0. The quantitative estimate of drug-likeness (QED) is 0.824. The van der Waals surface area contributed by atoms with Crippen LogP contribution in [0.3, 0.4) is 0 Å². The minimum Gasteiger partial charge on any atom is -0.494 e. The number of nitrogens with one attached hydrogen (secondary N) is 1. The molecule has 1 N–H and O–H groups in total. The molecule has 1 unspecified atom stereocenters. The maximum Gasteiger partial charge on any atom is 0.317 e. The molecule has 146 valence electrons. The number of thiazole rings is 1. The molecular weight excluding hydrogens is 360 g/mol. The van der Waals surface area contributed by atoms with Crippen molar-refractivity contribution in [2.75, 3.05) is 32.8 Å². The summed E-state index contributed by atoms with van der Waals surface area (Å²) in [5, 5.41) is 6.33. The van der Waals surface area contributed by atoms with E-state index in [1.807, 2.05) is 49.9 Å². The number of hydrogen-bond acceptors (Lipinski definition) is 5. The normalized spacial score (nSPS) is 16.2. The largest absolute Gasteiger partial charge is 0.494 e. The van der Waals surface area contributed by atoms with E-state index in [1.165, 1.54) is 0 Å². The summed E-state index contributed by atoms with van der Waals surface area (Å²) in [6.07, 6.45) is 0. The van der Waals surface area contributed by atoms with Gasteiger partial charge in [0.05, 0.1) is 23.4 Å². The van der Waals surface area contributed by atoms with Crippen LogP contribution in [0.25, 0.3) is 0 Å². The molecule has 2 amide bonds. The Morgan fingerprint density at radius 2 is 2.11 bits per heavy atom. The lowest BCUT2D eigenvalue weighted by atomic mass is 10.1. The Hall–Kier alpha value is -2.12. The van der Waals surface area contributed by atoms with E-state index in [-0.39, 0.29) is 12.1 Å². The summed E-state index contributed by atoms with van der Waals surface area (Å²) in [6, 6.07) is 7.83. The fraction of sp³-hybridized carbons (Fsp3) is 0.500. The first kappa shape index (κ1) is 19.6. The Labute approximate surface area is 165 Å². The molecule has 0 saturated carbocycles. The van der Waals surface area contributed by atoms with Gasteiger partial charge in [-0.3, -0.25) is 4.90 Å². The van der Waals surface area contributed by atoms with Gasteiger partial charge >= 0.3 is 6.03 Å². The van der Waals surface area contributed by atoms with Crippen molar-refractivity contribution in [3.63, 3.8) is 0 Å². The van der Waals surface area contributed by atoms with Crippen LogP contribution in [-0.2, 0) is 6.54 Å². The number of hydrogen-bond donors (Lipinski definition) is 1. The first-order valence-electron chi connectivity index (χ1n) is 9.46. The van der Waals surface area contributed by atoms with Crippen LogP contribution in [0.4, 0.5) is 4.79 Å². The van der Waals surface area contributed by atoms with Crippen molar-refractivity contribution in [2.24, 2.45) is 0 Å². The standard InChI is InChI=1S/C20H28N4O2S/c1-4-26-19-7-5-6-17(12-19)15(2)21-20(25)24-10-8-23(9-11-24)13-18-14-27-16(3)22-18/h5-7,12,14-15H,4,8-11,13H2,1-3H3,(H,21,25). The van der Waals surface area contributed by atoms with Crippen molar-refractivity contribution in [1.82, 2.24) is 20.1 Å². The molecule has 0 spiro atoms. The van der Waals surface area contributed by atoms with Gasteiger partial charge in [-0.25, -0.2) is 9.78 Å². The van der Waals surface area contributed by atoms with Crippen molar-refractivity contribution in [3.05, 3.63) is 45.9 Å². The third kappa shape index (κ3) is 5.43. The van der Waals surface area contributed by atoms with Crippen LogP contribution < -0.4 is 10.1 Å². The lowest BCUT2D eigenvalue weighted by Gasteiger charge is -2.35. The van der Waals surface area contributed by atoms with E-state index in [0.717, 1.165) is 54.7 Å². The molecule has 1 aromatic carbocycles. The summed E-state index contributed by atoms with van der Waals surface area (Å²) in [5.41, 5.74) is 2.17. The summed E-state index contributed by atoms with van der Waals surface area (Å²) < 4.78 is 5.55. The van der Waals surface area contributed by atoms with Crippen LogP contribution in [0.5, 0.6) is 5.75 Å². The molecule has 1 saturated heterocycles. The predicted molar refractivity (Wildman–Crippen MR) is 108 cm³/mol. The van der Waals surface area contributed by atoms with E-state index in [1.54, 1.807) is 11.3 Å². The van der Waals surface area contributed by atoms with E-state index in [4.69, 9.17) is 4.74 Å². The molecule has 1 aliphatic rings. The lowest BCUT2D eigenvalue weighted by molar-refractivity contribution is 0.133. The number of amides is 2. The topological polar surface area (TPSA) is 57.7 Å². The van der Waals surface area contributed by atoms with E-state index in [0.29, 0.717) is 6.61 Å². The summed E-state index contributed by atoms with van der Waals surface area (Å²) in [5.74, 6) is 0.835. The number of benzene rings is 1. The number of ether oxygens (including phenoxy) is 1. The SMILES string of the molecule is CCOc1cccc(C(C)NC(=O)N2CCN(Cc3csc(C)n3)CC2)c1. The second-order valence-electron chi connectivity index (χ2n) is 6.80. The van der Waals surface area contributed by atoms with Crippen molar-refractivity contribution in [1.29, 1.82) is 0 Å². The Kier molecular flexibility index (Phi) is 6.68. The van der Waals surface area contributed by atoms with Crippen LogP contribution in [0.2, 0.25) is 0 Å². The fourth-order valence-corrected chi connectivity index (χ4v) is 3.82. The van der Waals surface area contributed by atoms with Crippen LogP contribution >= 0.6 is 11.3 Å². The molecule has 7 heteroatoms. The van der Waals surface area contributed by atoms with Gasteiger partial charge < -0.3 is 15.0 Å². The number of piperazine rings is 1. The summed E-state index contributed by atoms with van der Waals surface area (Å²) in [6.45, 7) is 10.7. The van der Waals surface area contributed by atoms with Crippen LogP contribution in [-0.4, -0.2) is 53.6 Å². The summed E-state index contributed by atoms with van der Waals surface area (Å²) in [7, 11) is 0. The van der Waals surface area contributed by atoms with Gasteiger partial charge in [-0.05, 0) is 38.5 Å². The minimum absolute atomic E-state index is 0.00605. The maximum atomic E-state index is 12.6. The van der Waals surface area contributed by atoms with Gasteiger partial charge in [0.1, 0.15) is 5.75 Å². The molecule has 6 nitrogen and oxygen atoms in total. The average Bonchev–Trinajstić information content (AvgIpc) is 3.07. The smallest absolute Gasteiger partial charge is 0.317 e. The third-order valence-corrected chi connectivity index (χ3v) is 5.54. The van der Waals surface area contributed by atoms with Gasteiger partial charge in [0.15, 0.2) is 0 Å². The van der Waals surface area contributed by atoms with Gasteiger partial charge in [0, 0.05) is 38.1 Å². The molecule has 1 atom stereocenters. The second-order valence-corrected chi connectivity index (χ2v) is 7.86. The molecule has 2 heterocycles. The van der Waals surface area contributed by atoms with E-state index >= 15 is 0 Å². The van der Waals surface area contributed by atoms with Gasteiger partial charge in [-0.1, -0.05) is 12.1 Å². The highest BCUT2D eigenvalue weighted by Crippen LogP contribution is 2.19. The predicted octanol–water partition coefficient (Wildman–Crippen LogP) is 3.44. The summed E-state index contributed by atoms with van der Waals surface area (Å²) in [4.78, 5) is 21.4. The molecule has 0 radical (unpaired) electrons. The zero-order chi connectivity index (χ0) is 19.2. The van der Waals surface area contributed by atoms with Crippen LogP contribution in [0, 0.1) is 6.92 Å². The lowest BCUT2D eigenvalue weighted by Crippen LogP contribution is -2.51. The molecule has 3 rings (SSSR count). The van der Waals surface area contributed by atoms with Crippen molar-refractivity contribution in [2.45, 2.75) is 33.4 Å². The monoisotopic (exact) mass is 388 g/mol. The molecule has 1 aliphatic heterocycles. The molecule has 0 bridgehead atoms. The Balaban J connectivity index is 1.48. The van der Waals surface area contributed by atoms with Crippen molar-refractivity contribution < 1.29 is 9.53 Å². The number of rotatable bonds is 6. The zero-order valence-corrected chi connectivity index (χ0v) is 17.1. The number of nitrogens with zero attached hydrogens (tertiary/aromatic N) is 3. The number of aromatic nitrogens is 1. The third-order valence-electron chi connectivity index (χ3n) is 4.72. The van der Waals surface area contributed by atoms with Crippen molar-refractivity contribution in [3.8, 4) is 5.75 Å². The van der Waals surface area contributed by atoms with Gasteiger partial charge in [-0.2, -0.15) is 0 Å². The van der Waals surface area contributed by atoms with Gasteiger partial charge in [-0.15, -0.1) is 11.3 Å². The molecule has 2 aromatic rings. The number of aryl methyl sites for hydroxylation is 1. The van der Waals surface area contributed by atoms with E-state index < -0.39 is 0 Å². The van der Waals surface area contributed by atoms with Gasteiger partial charge in [0.2, 0.25) is 0 Å². The zero-order valence-electron chi connectivity index (χ0n) is 16.3. The van der Waals surface area contributed by atoms with Crippen LogP contribution in [0.15, 0.2) is 29.6 Å². The molecular formula is C20H28N4O2S. The van der Waals surface area contributed by atoms with Gasteiger partial charge in [0.25, 0.3) is 0 Å². The Morgan fingerprint density at radius 1 is 1.33 bits per heavy atom. The number of carbonyl (C=O) groups excluding carboxylic acids is 1. The fourth-order valence-electron chi connectivity index (χ4n) is 3.22. The van der Waals surface area contributed by atoms with Crippen LogP contribution in [0.1, 0.15) is 36.2 Å². The molecule has 0 aliphatic carbocycles. The van der Waals surface area contributed by atoms with E-state index in [9.17, 15) is 4.79 Å². The maximum absolute atomic E-state index is 12.6. The molecule has 1 aromatic heterocycles. The summed E-state index contributed by atoms with van der Waals surface area (Å²) >= 11 is 1.69. The average molecular weight is 389 g/mol. The Bertz CT molecular complexity index is 756. The second kappa shape index (κ2) is 9.19. The minimum atomic E-state index is -0.0612. The number of carbonyl (C=O) groups is 1. The first-order valence-corrected chi connectivity index (χ1v) is 10.3. The van der Waals surface area contributed by atoms with Crippen molar-refractivity contribution >= 4 is 17.4 Å². The highest BCUT2D eigenvalue weighted by molar-refractivity contribution is 7.09. The highest BCUT2D eigenvalue weighted by Gasteiger charge is 2.23. The number of urea groups is 1. The highest BCUT2D eigenvalue weighted by atomic mass is 32.1.